The number of nitrogens with one attached hydrogen (secondary N) is 1. The van der Waals surface area contributed by atoms with Crippen LogP contribution in [0.1, 0.15) is 18.9 Å². The van der Waals surface area contributed by atoms with Gasteiger partial charge in [0.15, 0.2) is 0 Å². The zero-order valence-corrected chi connectivity index (χ0v) is 5.37. The summed E-state index contributed by atoms with van der Waals surface area (Å²) in [7, 11) is 0. The van der Waals surface area contributed by atoms with Crippen molar-refractivity contribution in [3.63, 3.8) is 0 Å². The van der Waals surface area contributed by atoms with E-state index in [-0.39, 0.29) is 17.6 Å². The Morgan fingerprint density at radius 2 is 2.40 bits per heavy atom. The van der Waals surface area contributed by atoms with Crippen LogP contribution in [-0.4, -0.2) is 14.7 Å². The fourth-order valence-corrected chi connectivity index (χ4v) is 1.06. The van der Waals surface area contributed by atoms with Gasteiger partial charge in [-0.15, -0.1) is 0 Å². The average molecular weight is 140 g/mol. The predicted molar refractivity (Wildman–Crippen MR) is 35.0 cm³/mol. The first-order valence-corrected chi connectivity index (χ1v) is 3.28. The molecule has 1 aromatic heterocycles. The molecule has 54 valence electrons. The smallest absolute Gasteiger partial charge is 0.328 e. The molecule has 4 heteroatoms. The van der Waals surface area contributed by atoms with Gasteiger partial charge in [-0.05, 0) is 12.8 Å². The van der Waals surface area contributed by atoms with Crippen LogP contribution in [0.2, 0.25) is 0 Å². The largest absolute Gasteiger partial charge is 0.493 e. The number of hydrogen-bond donors (Lipinski definition) is 2. The van der Waals surface area contributed by atoms with E-state index in [1.807, 2.05) is 0 Å². The molecule has 0 saturated heterocycles. The Morgan fingerprint density at radius 3 is 2.80 bits per heavy atom. The van der Waals surface area contributed by atoms with Crippen LogP contribution < -0.4 is 5.69 Å². The summed E-state index contributed by atoms with van der Waals surface area (Å²) < 4.78 is 1.39. The normalized spacial score (nSPS) is 17.6. The van der Waals surface area contributed by atoms with Crippen molar-refractivity contribution >= 4 is 0 Å². The Kier molecular flexibility index (Phi) is 0.922. The summed E-state index contributed by atoms with van der Waals surface area (Å²) in [6, 6.07) is 0.249. The molecule has 1 heterocycles. The van der Waals surface area contributed by atoms with Crippen molar-refractivity contribution < 1.29 is 5.11 Å². The topological polar surface area (TPSA) is 58.0 Å². The fourth-order valence-electron chi connectivity index (χ4n) is 1.06. The highest BCUT2D eigenvalue weighted by molar-refractivity contribution is 5.07. The molecule has 0 aromatic carbocycles. The van der Waals surface area contributed by atoms with Gasteiger partial charge in [0.1, 0.15) is 0 Å². The summed E-state index contributed by atoms with van der Waals surface area (Å²) in [6.45, 7) is 0. The van der Waals surface area contributed by atoms with Crippen LogP contribution >= 0.6 is 0 Å². The van der Waals surface area contributed by atoms with Gasteiger partial charge in [0, 0.05) is 6.04 Å². The monoisotopic (exact) mass is 140 g/mol. The first kappa shape index (κ1) is 5.58. The third-order valence-electron chi connectivity index (χ3n) is 1.70. The third-order valence-corrected chi connectivity index (χ3v) is 1.70. The summed E-state index contributed by atoms with van der Waals surface area (Å²) >= 11 is 0. The molecule has 0 spiro atoms. The van der Waals surface area contributed by atoms with Crippen molar-refractivity contribution in [2.75, 3.05) is 0 Å². The molecule has 1 saturated carbocycles. The van der Waals surface area contributed by atoms with Crippen LogP contribution in [0.4, 0.5) is 0 Å². The van der Waals surface area contributed by atoms with Gasteiger partial charge in [0.2, 0.25) is 5.88 Å². The lowest BCUT2D eigenvalue weighted by molar-refractivity contribution is 0.415. The highest BCUT2D eigenvalue weighted by atomic mass is 16.3. The molecule has 1 aliphatic carbocycles. The zero-order chi connectivity index (χ0) is 7.14. The van der Waals surface area contributed by atoms with E-state index in [4.69, 9.17) is 5.11 Å². The Labute approximate surface area is 57.1 Å². The SMILES string of the molecule is O=c1[nH]cc(O)n1C1CC1. The molecule has 1 aliphatic rings. The number of H-pyrrole nitrogens is 1. The van der Waals surface area contributed by atoms with E-state index in [2.05, 4.69) is 4.98 Å². The molecule has 0 unspecified atom stereocenters. The second-order valence-electron chi connectivity index (χ2n) is 2.55. The van der Waals surface area contributed by atoms with Crippen LogP contribution in [0, 0.1) is 0 Å². The van der Waals surface area contributed by atoms with Gasteiger partial charge in [0.25, 0.3) is 0 Å². The Morgan fingerprint density at radius 1 is 1.70 bits per heavy atom. The van der Waals surface area contributed by atoms with Gasteiger partial charge in [-0.3, -0.25) is 4.57 Å². The third kappa shape index (κ3) is 0.650. The molecule has 2 rings (SSSR count). The number of aromatic amines is 1. The van der Waals surface area contributed by atoms with Crippen molar-refractivity contribution in [3.05, 3.63) is 16.7 Å². The molecule has 10 heavy (non-hydrogen) atoms. The minimum Gasteiger partial charge on any atom is -0.493 e. The van der Waals surface area contributed by atoms with Crippen LogP contribution in [0.15, 0.2) is 11.0 Å². The molecule has 0 amide bonds. The van der Waals surface area contributed by atoms with Gasteiger partial charge in [-0.1, -0.05) is 0 Å². The maximum Gasteiger partial charge on any atom is 0.328 e. The van der Waals surface area contributed by atoms with E-state index >= 15 is 0 Å². The van der Waals surface area contributed by atoms with E-state index in [0.29, 0.717) is 0 Å². The average Bonchev–Trinajstić information content (AvgIpc) is 2.64. The van der Waals surface area contributed by atoms with Crippen molar-refractivity contribution in [2.24, 2.45) is 0 Å². The van der Waals surface area contributed by atoms with Crippen molar-refractivity contribution in [2.45, 2.75) is 18.9 Å². The maximum atomic E-state index is 10.9. The lowest BCUT2D eigenvalue weighted by Gasteiger charge is -1.95. The molecule has 1 aromatic rings. The molecular weight excluding hydrogens is 132 g/mol. The van der Waals surface area contributed by atoms with Gasteiger partial charge in [0.05, 0.1) is 6.20 Å². The van der Waals surface area contributed by atoms with Gasteiger partial charge in [-0.2, -0.15) is 0 Å². The molecule has 0 aliphatic heterocycles. The second kappa shape index (κ2) is 1.65. The Bertz CT molecular complexity index is 295. The molecule has 1 fully saturated rings. The Balaban J connectivity index is 2.54. The van der Waals surface area contributed by atoms with Gasteiger partial charge in [-0.25, -0.2) is 4.79 Å². The molecule has 0 bridgehead atoms. The molecule has 2 N–H and O–H groups in total. The van der Waals surface area contributed by atoms with Crippen LogP contribution in [0.3, 0.4) is 0 Å². The lowest BCUT2D eigenvalue weighted by atomic mass is 10.6. The Hall–Kier alpha value is -1.19. The van der Waals surface area contributed by atoms with Gasteiger partial charge < -0.3 is 10.1 Å². The molecule has 0 atom stereocenters. The fraction of sp³-hybridized carbons (Fsp3) is 0.500. The maximum absolute atomic E-state index is 10.9. The summed E-state index contributed by atoms with van der Waals surface area (Å²) in [6.07, 6.45) is 3.33. The summed E-state index contributed by atoms with van der Waals surface area (Å²) in [5.74, 6) is 0.0486. The van der Waals surface area contributed by atoms with Crippen LogP contribution in [0.25, 0.3) is 0 Å². The summed E-state index contributed by atoms with van der Waals surface area (Å²) in [5.41, 5.74) is -0.208. The highest BCUT2D eigenvalue weighted by Gasteiger charge is 2.27. The number of hydrogen-bond acceptors (Lipinski definition) is 2. The van der Waals surface area contributed by atoms with Gasteiger partial charge >= 0.3 is 5.69 Å². The lowest BCUT2D eigenvalue weighted by Crippen LogP contribution is -2.14. The number of aromatic hydroxyl groups is 1. The van der Waals surface area contributed by atoms with E-state index in [0.717, 1.165) is 12.8 Å². The van der Waals surface area contributed by atoms with Crippen molar-refractivity contribution in [1.29, 1.82) is 0 Å². The van der Waals surface area contributed by atoms with E-state index in [9.17, 15) is 4.79 Å². The number of imidazole rings is 1. The van der Waals surface area contributed by atoms with E-state index in [1.165, 1.54) is 10.8 Å². The minimum absolute atomic E-state index is 0.0486. The second-order valence-corrected chi connectivity index (χ2v) is 2.55. The highest BCUT2D eigenvalue weighted by Crippen LogP contribution is 2.35. The number of nitrogens with zero attached hydrogens (tertiary/aromatic N) is 1. The predicted octanol–water partition coefficient (Wildman–Crippen LogP) is 0.217. The van der Waals surface area contributed by atoms with Crippen molar-refractivity contribution in [3.8, 4) is 5.88 Å². The summed E-state index contributed by atoms with van der Waals surface area (Å²) in [4.78, 5) is 13.3. The van der Waals surface area contributed by atoms with Crippen LogP contribution in [0.5, 0.6) is 5.88 Å². The van der Waals surface area contributed by atoms with E-state index < -0.39 is 0 Å². The van der Waals surface area contributed by atoms with E-state index in [1.54, 1.807) is 0 Å². The number of rotatable bonds is 1. The molecule has 0 radical (unpaired) electrons. The minimum atomic E-state index is -0.208. The first-order chi connectivity index (χ1) is 4.79. The van der Waals surface area contributed by atoms with Crippen LogP contribution in [-0.2, 0) is 0 Å². The summed E-state index contributed by atoms with van der Waals surface area (Å²) in [5, 5.41) is 9.07. The standard InChI is InChI=1S/C6H8N2O2/c9-5-3-7-6(10)8(5)4-1-2-4/h3-4,9H,1-2H2,(H,7,10). The zero-order valence-electron chi connectivity index (χ0n) is 5.37. The van der Waals surface area contributed by atoms with Crippen molar-refractivity contribution in [1.82, 2.24) is 9.55 Å². The first-order valence-electron chi connectivity index (χ1n) is 3.28. The number of aromatic nitrogens is 2. The molecule has 4 nitrogen and oxygen atoms in total. The quantitative estimate of drug-likeness (QED) is 0.586. The molecular formula is C6H8N2O2.